The van der Waals surface area contributed by atoms with E-state index >= 15 is 0 Å². The summed E-state index contributed by atoms with van der Waals surface area (Å²) in [6.07, 6.45) is 4.49. The Morgan fingerprint density at radius 3 is 2.79 bits per heavy atom. The van der Waals surface area contributed by atoms with Gasteiger partial charge in [-0.15, -0.1) is 0 Å². The summed E-state index contributed by atoms with van der Waals surface area (Å²) in [6, 6.07) is 3.77. The minimum Gasteiger partial charge on any atom is -0.478 e. The summed E-state index contributed by atoms with van der Waals surface area (Å²) in [5.74, 6) is -0.515. The van der Waals surface area contributed by atoms with Gasteiger partial charge >= 0.3 is 5.97 Å². The maximum Gasteiger partial charge on any atom is 0.339 e. The van der Waals surface area contributed by atoms with Crippen LogP contribution in [0.4, 0.5) is 0 Å². The van der Waals surface area contributed by atoms with E-state index in [0.717, 1.165) is 12.0 Å². The molecule has 2 rings (SSSR count). The van der Waals surface area contributed by atoms with Crippen LogP contribution in [0.5, 0.6) is 0 Å². The van der Waals surface area contributed by atoms with Gasteiger partial charge in [-0.3, -0.25) is 4.98 Å². The van der Waals surface area contributed by atoms with Gasteiger partial charge in [0.25, 0.3) is 0 Å². The average Bonchev–Trinajstić information content (AvgIpc) is 2.39. The smallest absolute Gasteiger partial charge is 0.339 e. The number of aryl methyl sites for hydroxylation is 2. The summed E-state index contributed by atoms with van der Waals surface area (Å²) >= 11 is 0. The van der Waals surface area contributed by atoms with Crippen molar-refractivity contribution < 1.29 is 9.90 Å². The zero-order valence-corrected chi connectivity index (χ0v) is 10.9. The Labute approximate surface area is 111 Å². The number of aromatic carboxylic acids is 1. The summed E-state index contributed by atoms with van der Waals surface area (Å²) in [5.41, 5.74) is 2.38. The molecule has 19 heavy (non-hydrogen) atoms. The molecule has 0 fully saturated rings. The number of aromatic nitrogens is 3. The Balaban J connectivity index is 2.52. The fourth-order valence-electron chi connectivity index (χ4n) is 1.86. The van der Waals surface area contributed by atoms with Gasteiger partial charge in [0.1, 0.15) is 5.69 Å². The molecule has 0 aromatic carbocycles. The molecule has 5 heteroatoms. The second-order valence-electron chi connectivity index (χ2n) is 4.28. The van der Waals surface area contributed by atoms with Crippen molar-refractivity contribution in [2.45, 2.75) is 26.7 Å². The number of hydrogen-bond acceptors (Lipinski definition) is 4. The number of pyridine rings is 1. The van der Waals surface area contributed by atoms with Crippen molar-refractivity contribution in [1.29, 1.82) is 0 Å². The van der Waals surface area contributed by atoms with Crippen LogP contribution < -0.4 is 0 Å². The molecule has 5 nitrogen and oxygen atoms in total. The van der Waals surface area contributed by atoms with Gasteiger partial charge in [0.15, 0.2) is 5.82 Å². The molecule has 0 aliphatic heterocycles. The van der Waals surface area contributed by atoms with Crippen LogP contribution in [0.3, 0.4) is 0 Å². The monoisotopic (exact) mass is 257 g/mol. The third-order valence-corrected chi connectivity index (χ3v) is 2.81. The van der Waals surface area contributed by atoms with Crippen molar-refractivity contribution >= 4 is 5.97 Å². The zero-order chi connectivity index (χ0) is 13.8. The predicted molar refractivity (Wildman–Crippen MR) is 71.0 cm³/mol. The number of carboxylic acid groups (broad SMARTS) is 1. The molecule has 0 spiro atoms. The van der Waals surface area contributed by atoms with Crippen LogP contribution in [0, 0.1) is 6.92 Å². The molecule has 98 valence electrons. The fourth-order valence-corrected chi connectivity index (χ4v) is 1.86. The highest BCUT2D eigenvalue weighted by Gasteiger charge is 2.15. The lowest BCUT2D eigenvalue weighted by Gasteiger charge is -2.07. The van der Waals surface area contributed by atoms with E-state index in [0.29, 0.717) is 23.6 Å². The van der Waals surface area contributed by atoms with E-state index in [1.165, 1.54) is 6.20 Å². The minimum atomic E-state index is -0.993. The van der Waals surface area contributed by atoms with Crippen LogP contribution in [0.2, 0.25) is 0 Å². The van der Waals surface area contributed by atoms with Crippen LogP contribution in [-0.2, 0) is 6.42 Å². The Hall–Kier alpha value is -2.30. The largest absolute Gasteiger partial charge is 0.478 e. The molecule has 0 unspecified atom stereocenters. The van der Waals surface area contributed by atoms with E-state index < -0.39 is 5.97 Å². The van der Waals surface area contributed by atoms with Gasteiger partial charge in [-0.25, -0.2) is 14.8 Å². The maximum absolute atomic E-state index is 11.1. The first-order valence-corrected chi connectivity index (χ1v) is 6.14. The first kappa shape index (κ1) is 13.1. The molecule has 0 radical (unpaired) electrons. The highest BCUT2D eigenvalue weighted by molar-refractivity contribution is 5.88. The molecule has 2 aromatic rings. The van der Waals surface area contributed by atoms with Gasteiger partial charge in [-0.05, 0) is 25.0 Å². The van der Waals surface area contributed by atoms with Crippen molar-refractivity contribution in [3.05, 3.63) is 41.3 Å². The first-order chi connectivity index (χ1) is 9.13. The highest BCUT2D eigenvalue weighted by atomic mass is 16.4. The van der Waals surface area contributed by atoms with Crippen molar-refractivity contribution in [3.63, 3.8) is 0 Å². The lowest BCUT2D eigenvalue weighted by molar-refractivity contribution is 0.0694. The fraction of sp³-hybridized carbons (Fsp3) is 0.286. The number of rotatable bonds is 4. The second-order valence-corrected chi connectivity index (χ2v) is 4.28. The lowest BCUT2D eigenvalue weighted by Crippen LogP contribution is -2.08. The summed E-state index contributed by atoms with van der Waals surface area (Å²) in [6.45, 7) is 3.91. The molecule has 0 saturated carbocycles. The molecule has 1 N–H and O–H groups in total. The average molecular weight is 257 g/mol. The number of carboxylic acids is 1. The van der Waals surface area contributed by atoms with Crippen molar-refractivity contribution in [3.8, 4) is 11.5 Å². The molecule has 2 heterocycles. The van der Waals surface area contributed by atoms with Crippen LogP contribution >= 0.6 is 0 Å². The van der Waals surface area contributed by atoms with Gasteiger partial charge in [0.05, 0.1) is 11.3 Å². The molecular weight excluding hydrogens is 242 g/mol. The number of carbonyl (C=O) groups is 1. The SMILES string of the molecule is CCCc1nc(-c2ncccc2C)ncc1C(=O)O. The summed E-state index contributed by atoms with van der Waals surface area (Å²) in [5, 5.41) is 9.11. The minimum absolute atomic E-state index is 0.166. The molecule has 0 aliphatic rings. The van der Waals surface area contributed by atoms with Gasteiger partial charge in [0, 0.05) is 12.4 Å². The van der Waals surface area contributed by atoms with E-state index in [-0.39, 0.29) is 5.56 Å². The molecular formula is C14H15N3O2. The van der Waals surface area contributed by atoms with Gasteiger partial charge < -0.3 is 5.11 Å². The molecule has 0 amide bonds. The molecule has 0 bridgehead atoms. The van der Waals surface area contributed by atoms with E-state index in [1.807, 2.05) is 26.0 Å². The predicted octanol–water partition coefficient (Wildman–Crippen LogP) is 2.50. The van der Waals surface area contributed by atoms with E-state index in [4.69, 9.17) is 5.11 Å². The lowest BCUT2D eigenvalue weighted by atomic mass is 10.1. The summed E-state index contributed by atoms with van der Waals surface area (Å²) < 4.78 is 0. The second kappa shape index (κ2) is 5.56. The molecule has 0 aliphatic carbocycles. The Bertz CT molecular complexity index is 611. The quantitative estimate of drug-likeness (QED) is 0.910. The highest BCUT2D eigenvalue weighted by Crippen LogP contribution is 2.18. The van der Waals surface area contributed by atoms with Crippen molar-refractivity contribution in [2.24, 2.45) is 0 Å². The number of nitrogens with zero attached hydrogens (tertiary/aromatic N) is 3. The third kappa shape index (κ3) is 2.76. The van der Waals surface area contributed by atoms with Crippen LogP contribution in [0.15, 0.2) is 24.5 Å². The van der Waals surface area contributed by atoms with E-state index in [2.05, 4.69) is 15.0 Å². The zero-order valence-electron chi connectivity index (χ0n) is 10.9. The first-order valence-electron chi connectivity index (χ1n) is 6.14. The molecule has 0 saturated heterocycles. The molecule has 2 aromatic heterocycles. The Morgan fingerprint density at radius 2 is 2.16 bits per heavy atom. The van der Waals surface area contributed by atoms with Crippen molar-refractivity contribution in [1.82, 2.24) is 15.0 Å². The van der Waals surface area contributed by atoms with Crippen LogP contribution in [0.25, 0.3) is 11.5 Å². The molecule has 0 atom stereocenters. The van der Waals surface area contributed by atoms with Gasteiger partial charge in [-0.1, -0.05) is 19.4 Å². The van der Waals surface area contributed by atoms with E-state index in [9.17, 15) is 4.79 Å². The van der Waals surface area contributed by atoms with E-state index in [1.54, 1.807) is 6.20 Å². The summed E-state index contributed by atoms with van der Waals surface area (Å²) in [4.78, 5) is 23.8. The summed E-state index contributed by atoms with van der Waals surface area (Å²) in [7, 11) is 0. The Morgan fingerprint density at radius 1 is 1.37 bits per heavy atom. The van der Waals surface area contributed by atoms with Crippen LogP contribution in [-0.4, -0.2) is 26.0 Å². The third-order valence-electron chi connectivity index (χ3n) is 2.81. The topological polar surface area (TPSA) is 76.0 Å². The number of hydrogen-bond donors (Lipinski definition) is 1. The maximum atomic E-state index is 11.1. The Kier molecular flexibility index (Phi) is 3.85. The van der Waals surface area contributed by atoms with Gasteiger partial charge in [0.2, 0.25) is 0 Å². The van der Waals surface area contributed by atoms with Crippen LogP contribution in [0.1, 0.15) is 35.0 Å². The normalized spacial score (nSPS) is 10.4. The standard InChI is InChI=1S/C14H15N3O2/c1-3-5-11-10(14(18)19)8-16-13(17-11)12-9(2)6-4-7-15-12/h4,6-8H,3,5H2,1-2H3,(H,18,19). The van der Waals surface area contributed by atoms with Crippen molar-refractivity contribution in [2.75, 3.05) is 0 Å². The van der Waals surface area contributed by atoms with Gasteiger partial charge in [-0.2, -0.15) is 0 Å².